The fraction of sp³-hybridized carbons (Fsp3) is 0.368. The minimum Gasteiger partial charge on any atom is -0.491 e. The Morgan fingerprint density at radius 2 is 1.67 bits per heavy atom. The molecular weight excluding hydrogens is 314 g/mol. The first kappa shape index (κ1) is 16.6. The van der Waals surface area contributed by atoms with Gasteiger partial charge in [0.05, 0.1) is 13.2 Å². The van der Waals surface area contributed by atoms with Crippen molar-refractivity contribution < 1.29 is 23.0 Å². The van der Waals surface area contributed by atoms with Crippen LogP contribution in [0.15, 0.2) is 24.3 Å². The second-order valence-electron chi connectivity index (χ2n) is 5.58. The predicted octanol–water partition coefficient (Wildman–Crippen LogP) is 5.10. The van der Waals surface area contributed by atoms with Crippen LogP contribution < -0.4 is 14.2 Å². The van der Waals surface area contributed by atoms with E-state index in [0.717, 1.165) is 12.8 Å². The van der Waals surface area contributed by atoms with Crippen molar-refractivity contribution >= 4 is 0 Å². The molecule has 128 valence electrons. The highest BCUT2D eigenvalue weighted by Crippen LogP contribution is 2.44. The maximum atomic E-state index is 14.6. The van der Waals surface area contributed by atoms with Gasteiger partial charge in [-0.25, -0.2) is 4.39 Å². The zero-order chi connectivity index (χ0) is 17.1. The number of hydrogen-bond donors (Lipinski definition) is 0. The van der Waals surface area contributed by atoms with E-state index >= 15 is 0 Å². The van der Waals surface area contributed by atoms with Gasteiger partial charge < -0.3 is 14.2 Å². The summed E-state index contributed by atoms with van der Waals surface area (Å²) in [6.07, 6.45) is 1.82. The molecule has 0 bridgehead atoms. The standard InChI is InChI=1S/C19H20F2O3/c1-3-5-10-23-16-9-7-13-12-6-8-15(22-4-2)17(20)14(12)11-24-19(13)18(16)21/h6-9H,3-5,10-11H2,1-2H3. The molecule has 0 amide bonds. The maximum absolute atomic E-state index is 14.6. The number of benzene rings is 2. The Labute approximate surface area is 140 Å². The highest BCUT2D eigenvalue weighted by atomic mass is 19.1. The first-order valence-corrected chi connectivity index (χ1v) is 8.20. The number of rotatable bonds is 6. The number of ether oxygens (including phenoxy) is 3. The SMILES string of the molecule is CCCCOc1ccc2c(c1F)OCc1c-2ccc(OCC)c1F. The molecule has 3 nitrogen and oxygen atoms in total. The highest BCUT2D eigenvalue weighted by Gasteiger charge is 2.26. The maximum Gasteiger partial charge on any atom is 0.207 e. The van der Waals surface area contributed by atoms with Gasteiger partial charge >= 0.3 is 0 Å². The summed E-state index contributed by atoms with van der Waals surface area (Å²) in [6, 6.07) is 6.58. The summed E-state index contributed by atoms with van der Waals surface area (Å²) in [5.41, 5.74) is 1.53. The molecule has 0 radical (unpaired) electrons. The molecule has 0 saturated heterocycles. The van der Waals surface area contributed by atoms with Gasteiger partial charge in [0.1, 0.15) is 6.61 Å². The minimum absolute atomic E-state index is 0.0373. The van der Waals surface area contributed by atoms with Crippen LogP contribution in [-0.2, 0) is 6.61 Å². The van der Waals surface area contributed by atoms with Crippen LogP contribution in [0.3, 0.4) is 0 Å². The molecule has 0 saturated carbocycles. The minimum atomic E-state index is -0.538. The lowest BCUT2D eigenvalue weighted by Crippen LogP contribution is -2.11. The van der Waals surface area contributed by atoms with Gasteiger partial charge in [0.15, 0.2) is 23.1 Å². The van der Waals surface area contributed by atoms with Crippen molar-refractivity contribution in [1.82, 2.24) is 0 Å². The van der Waals surface area contributed by atoms with Crippen LogP contribution >= 0.6 is 0 Å². The van der Waals surface area contributed by atoms with Crippen molar-refractivity contribution in [3.63, 3.8) is 0 Å². The molecule has 1 heterocycles. The van der Waals surface area contributed by atoms with Crippen LogP contribution in [0.2, 0.25) is 0 Å². The van der Waals surface area contributed by atoms with Gasteiger partial charge in [-0.1, -0.05) is 13.3 Å². The molecule has 0 atom stereocenters. The van der Waals surface area contributed by atoms with E-state index in [9.17, 15) is 8.78 Å². The van der Waals surface area contributed by atoms with Crippen LogP contribution in [0.4, 0.5) is 8.78 Å². The molecule has 5 heteroatoms. The van der Waals surface area contributed by atoms with Gasteiger partial charge in [-0.2, -0.15) is 4.39 Å². The quantitative estimate of drug-likeness (QED) is 0.688. The summed E-state index contributed by atoms with van der Waals surface area (Å²) in [5.74, 6) is -0.535. The molecule has 0 fully saturated rings. The topological polar surface area (TPSA) is 27.7 Å². The summed E-state index contributed by atoms with van der Waals surface area (Å²) in [4.78, 5) is 0. The first-order valence-electron chi connectivity index (χ1n) is 8.20. The average molecular weight is 334 g/mol. The van der Waals surface area contributed by atoms with Gasteiger partial charge in [0.25, 0.3) is 0 Å². The van der Waals surface area contributed by atoms with E-state index in [1.54, 1.807) is 31.2 Å². The van der Waals surface area contributed by atoms with E-state index in [4.69, 9.17) is 14.2 Å². The van der Waals surface area contributed by atoms with Crippen LogP contribution in [0.1, 0.15) is 32.3 Å². The molecule has 1 aliphatic heterocycles. The second kappa shape index (κ2) is 7.07. The molecule has 0 spiro atoms. The zero-order valence-corrected chi connectivity index (χ0v) is 13.8. The fourth-order valence-corrected chi connectivity index (χ4v) is 2.73. The fourth-order valence-electron chi connectivity index (χ4n) is 2.73. The number of hydrogen-bond acceptors (Lipinski definition) is 3. The molecule has 0 unspecified atom stereocenters. The van der Waals surface area contributed by atoms with Crippen LogP contribution in [0, 0.1) is 11.6 Å². The van der Waals surface area contributed by atoms with Gasteiger partial charge in [-0.05, 0) is 43.2 Å². The van der Waals surface area contributed by atoms with Gasteiger partial charge in [0.2, 0.25) is 5.82 Å². The van der Waals surface area contributed by atoms with Crippen LogP contribution in [-0.4, -0.2) is 13.2 Å². The second-order valence-corrected chi connectivity index (χ2v) is 5.58. The Balaban J connectivity index is 1.98. The van der Waals surface area contributed by atoms with Gasteiger partial charge in [0, 0.05) is 11.1 Å². The van der Waals surface area contributed by atoms with Crippen molar-refractivity contribution in [1.29, 1.82) is 0 Å². The van der Waals surface area contributed by atoms with E-state index < -0.39 is 11.6 Å². The van der Waals surface area contributed by atoms with E-state index in [-0.39, 0.29) is 23.9 Å². The lowest BCUT2D eigenvalue weighted by molar-refractivity contribution is 0.257. The Kier molecular flexibility index (Phi) is 4.88. The average Bonchev–Trinajstić information content (AvgIpc) is 2.59. The summed E-state index contributed by atoms with van der Waals surface area (Å²) in [7, 11) is 0. The molecule has 0 N–H and O–H groups in total. The molecule has 1 aliphatic rings. The van der Waals surface area contributed by atoms with Crippen molar-refractivity contribution in [3.05, 3.63) is 41.5 Å². The normalized spacial score (nSPS) is 12.2. The monoisotopic (exact) mass is 334 g/mol. The highest BCUT2D eigenvalue weighted by molar-refractivity contribution is 5.77. The molecule has 2 aromatic carbocycles. The Hall–Kier alpha value is -2.30. The largest absolute Gasteiger partial charge is 0.491 e. The van der Waals surface area contributed by atoms with Crippen molar-refractivity contribution in [2.24, 2.45) is 0 Å². The Morgan fingerprint density at radius 1 is 0.958 bits per heavy atom. The van der Waals surface area contributed by atoms with Gasteiger partial charge in [-0.15, -0.1) is 0 Å². The van der Waals surface area contributed by atoms with Gasteiger partial charge in [-0.3, -0.25) is 0 Å². The van der Waals surface area contributed by atoms with Crippen molar-refractivity contribution in [2.75, 3.05) is 13.2 Å². The van der Waals surface area contributed by atoms with Crippen LogP contribution in [0.25, 0.3) is 11.1 Å². The third-order valence-corrected chi connectivity index (χ3v) is 3.98. The number of unbranched alkanes of at least 4 members (excludes halogenated alkanes) is 1. The lowest BCUT2D eigenvalue weighted by atomic mass is 9.96. The van der Waals surface area contributed by atoms with E-state index in [2.05, 4.69) is 0 Å². The Morgan fingerprint density at radius 3 is 2.38 bits per heavy atom. The smallest absolute Gasteiger partial charge is 0.207 e. The van der Waals surface area contributed by atoms with E-state index in [0.29, 0.717) is 29.9 Å². The molecule has 3 rings (SSSR count). The summed E-state index contributed by atoms with van der Waals surface area (Å²) in [6.45, 7) is 4.62. The molecule has 2 aromatic rings. The number of halogens is 2. The van der Waals surface area contributed by atoms with Crippen molar-refractivity contribution in [2.45, 2.75) is 33.3 Å². The molecular formula is C19H20F2O3. The Bertz CT molecular complexity index is 744. The molecule has 0 aromatic heterocycles. The molecule has 24 heavy (non-hydrogen) atoms. The van der Waals surface area contributed by atoms with E-state index in [1.165, 1.54) is 0 Å². The zero-order valence-electron chi connectivity index (χ0n) is 13.8. The predicted molar refractivity (Wildman–Crippen MR) is 87.7 cm³/mol. The third-order valence-electron chi connectivity index (χ3n) is 3.98. The third kappa shape index (κ3) is 2.90. The summed E-state index contributed by atoms with van der Waals surface area (Å²) in [5, 5.41) is 0. The van der Waals surface area contributed by atoms with Crippen molar-refractivity contribution in [3.8, 4) is 28.4 Å². The first-order chi connectivity index (χ1) is 11.7. The number of fused-ring (bicyclic) bond motifs is 3. The van der Waals surface area contributed by atoms with Crippen LogP contribution in [0.5, 0.6) is 17.2 Å². The van der Waals surface area contributed by atoms with E-state index in [1.807, 2.05) is 6.92 Å². The lowest BCUT2D eigenvalue weighted by Gasteiger charge is -2.23. The summed E-state index contributed by atoms with van der Waals surface area (Å²) < 4.78 is 45.3. The molecule has 0 aliphatic carbocycles. The summed E-state index contributed by atoms with van der Waals surface area (Å²) >= 11 is 0.